The number of nitrogens with one attached hydrogen (secondary N) is 1. The van der Waals surface area contributed by atoms with Gasteiger partial charge in [-0.25, -0.2) is 0 Å². The summed E-state index contributed by atoms with van der Waals surface area (Å²) in [5.74, 6) is -0.219. The van der Waals surface area contributed by atoms with Crippen LogP contribution >= 0.6 is 0 Å². The monoisotopic (exact) mass is 345 g/mol. The van der Waals surface area contributed by atoms with Crippen molar-refractivity contribution in [1.82, 2.24) is 5.32 Å². The van der Waals surface area contributed by atoms with E-state index in [4.69, 9.17) is 0 Å². The Morgan fingerprint density at radius 2 is 2.04 bits per heavy atom. The highest BCUT2D eigenvalue weighted by Crippen LogP contribution is 2.27. The van der Waals surface area contributed by atoms with Gasteiger partial charge in [0.15, 0.2) is 0 Å². The number of alkyl halides is 3. The van der Waals surface area contributed by atoms with E-state index in [0.717, 1.165) is 19.3 Å². The van der Waals surface area contributed by atoms with Gasteiger partial charge >= 0.3 is 6.36 Å². The molecule has 2 unspecified atom stereocenters. The summed E-state index contributed by atoms with van der Waals surface area (Å²) in [6, 6.07) is 5.83. The van der Waals surface area contributed by atoms with Gasteiger partial charge < -0.3 is 15.2 Å². The normalized spacial score (nSPS) is 21.3. The number of para-hydroxylation sites is 1. The van der Waals surface area contributed by atoms with E-state index in [1.165, 1.54) is 18.2 Å². The zero-order valence-electron chi connectivity index (χ0n) is 13.3. The first-order valence-electron chi connectivity index (χ1n) is 8.12. The highest BCUT2D eigenvalue weighted by atomic mass is 19.4. The number of carbonyl (C=O) groups is 1. The van der Waals surface area contributed by atoms with Crippen LogP contribution in [-0.2, 0) is 11.2 Å². The van der Waals surface area contributed by atoms with E-state index in [1.807, 2.05) is 0 Å². The first-order chi connectivity index (χ1) is 11.3. The molecule has 2 atom stereocenters. The standard InChI is InChI=1S/C17H22F3NO3/c18-17(19,20)24-15-7-2-1-5-13(15)8-9-16(23)21-11-12-4-3-6-14(22)10-12/h1-2,5,7,12,14,22H,3-4,6,8-11H2,(H,21,23). The quantitative estimate of drug-likeness (QED) is 0.832. The Labute approximate surface area is 139 Å². The third kappa shape index (κ3) is 6.39. The van der Waals surface area contributed by atoms with Crippen molar-refractivity contribution >= 4 is 5.91 Å². The van der Waals surface area contributed by atoms with E-state index in [0.29, 0.717) is 18.5 Å². The van der Waals surface area contributed by atoms with Crippen molar-refractivity contribution in [3.8, 4) is 5.75 Å². The molecule has 0 radical (unpaired) electrons. The molecule has 4 nitrogen and oxygen atoms in total. The molecule has 2 rings (SSSR count). The fraction of sp³-hybridized carbons (Fsp3) is 0.588. The molecule has 0 spiro atoms. The van der Waals surface area contributed by atoms with Crippen LogP contribution in [-0.4, -0.2) is 30.0 Å². The lowest BCUT2D eigenvalue weighted by Gasteiger charge is -2.25. The van der Waals surface area contributed by atoms with Crippen LogP contribution in [0.3, 0.4) is 0 Å². The molecule has 1 saturated carbocycles. The summed E-state index contributed by atoms with van der Waals surface area (Å²) in [7, 11) is 0. The minimum Gasteiger partial charge on any atom is -0.406 e. The van der Waals surface area contributed by atoms with Crippen LogP contribution in [0.25, 0.3) is 0 Å². The van der Waals surface area contributed by atoms with Crippen LogP contribution in [0.5, 0.6) is 5.75 Å². The number of aliphatic hydroxyl groups excluding tert-OH is 1. The molecule has 0 saturated heterocycles. The van der Waals surface area contributed by atoms with Gasteiger partial charge in [-0.15, -0.1) is 13.2 Å². The number of amides is 1. The van der Waals surface area contributed by atoms with E-state index in [9.17, 15) is 23.1 Å². The Morgan fingerprint density at radius 1 is 1.29 bits per heavy atom. The number of benzene rings is 1. The van der Waals surface area contributed by atoms with E-state index < -0.39 is 6.36 Å². The average Bonchev–Trinajstić information content (AvgIpc) is 2.51. The largest absolute Gasteiger partial charge is 0.573 e. The molecule has 1 fully saturated rings. The van der Waals surface area contributed by atoms with Crippen molar-refractivity contribution in [2.24, 2.45) is 5.92 Å². The number of hydrogen-bond acceptors (Lipinski definition) is 3. The van der Waals surface area contributed by atoms with Crippen molar-refractivity contribution in [2.45, 2.75) is 51.0 Å². The molecule has 2 N–H and O–H groups in total. The molecule has 0 aliphatic heterocycles. The molecular weight excluding hydrogens is 323 g/mol. The molecule has 1 amide bonds. The summed E-state index contributed by atoms with van der Waals surface area (Å²) in [5.41, 5.74) is 0.345. The van der Waals surface area contributed by atoms with E-state index in [2.05, 4.69) is 10.1 Å². The number of aliphatic hydroxyl groups is 1. The fourth-order valence-electron chi connectivity index (χ4n) is 2.98. The lowest BCUT2D eigenvalue weighted by molar-refractivity contribution is -0.274. The van der Waals surface area contributed by atoms with Crippen LogP contribution in [0, 0.1) is 5.92 Å². The second-order valence-electron chi connectivity index (χ2n) is 6.15. The van der Waals surface area contributed by atoms with Gasteiger partial charge in [0.05, 0.1) is 6.10 Å². The molecule has 0 heterocycles. The topological polar surface area (TPSA) is 58.6 Å². The van der Waals surface area contributed by atoms with Crippen LogP contribution in [0.1, 0.15) is 37.7 Å². The lowest BCUT2D eigenvalue weighted by atomic mass is 9.87. The predicted molar refractivity (Wildman–Crippen MR) is 82.4 cm³/mol. The number of carbonyl (C=O) groups excluding carboxylic acids is 1. The van der Waals surface area contributed by atoms with E-state index >= 15 is 0 Å². The third-order valence-corrected chi connectivity index (χ3v) is 4.16. The highest BCUT2D eigenvalue weighted by molar-refractivity contribution is 5.76. The zero-order valence-corrected chi connectivity index (χ0v) is 13.3. The number of ether oxygens (including phenoxy) is 1. The fourth-order valence-corrected chi connectivity index (χ4v) is 2.98. The van der Waals surface area contributed by atoms with Crippen molar-refractivity contribution in [1.29, 1.82) is 0 Å². The number of hydrogen-bond donors (Lipinski definition) is 2. The summed E-state index contributed by atoms with van der Waals surface area (Å²) in [4.78, 5) is 11.9. The van der Waals surface area contributed by atoms with Crippen molar-refractivity contribution in [3.63, 3.8) is 0 Å². The molecule has 1 aliphatic carbocycles. The number of halogens is 3. The Hall–Kier alpha value is -1.76. The van der Waals surface area contributed by atoms with Crippen LogP contribution in [0.15, 0.2) is 24.3 Å². The number of rotatable bonds is 6. The van der Waals surface area contributed by atoms with Crippen LogP contribution in [0.4, 0.5) is 13.2 Å². The zero-order chi connectivity index (χ0) is 17.6. The van der Waals surface area contributed by atoms with Crippen molar-refractivity contribution < 1.29 is 27.8 Å². The van der Waals surface area contributed by atoms with Gasteiger partial charge in [-0.1, -0.05) is 24.6 Å². The molecule has 1 aromatic rings. The van der Waals surface area contributed by atoms with E-state index in [1.54, 1.807) is 6.07 Å². The molecule has 0 bridgehead atoms. The molecule has 0 aromatic heterocycles. The summed E-state index contributed by atoms with van der Waals surface area (Å²) >= 11 is 0. The average molecular weight is 345 g/mol. The Bertz CT molecular complexity index is 548. The van der Waals surface area contributed by atoms with Gasteiger partial charge in [0.1, 0.15) is 5.75 Å². The molecule has 1 aromatic carbocycles. The van der Waals surface area contributed by atoms with Gasteiger partial charge in [-0.3, -0.25) is 4.79 Å². The van der Waals surface area contributed by atoms with Crippen molar-refractivity contribution in [3.05, 3.63) is 29.8 Å². The summed E-state index contributed by atoms with van der Waals surface area (Å²) in [6.45, 7) is 0.497. The summed E-state index contributed by atoms with van der Waals surface area (Å²) in [6.07, 6.45) is -1.38. The van der Waals surface area contributed by atoms with Crippen LogP contribution < -0.4 is 10.1 Å². The maximum Gasteiger partial charge on any atom is 0.573 e. The first kappa shape index (κ1) is 18.6. The van der Waals surface area contributed by atoms with Gasteiger partial charge in [0.25, 0.3) is 0 Å². The number of aryl methyl sites for hydroxylation is 1. The van der Waals surface area contributed by atoms with Gasteiger partial charge in [0.2, 0.25) is 5.91 Å². The van der Waals surface area contributed by atoms with Gasteiger partial charge in [-0.2, -0.15) is 0 Å². The van der Waals surface area contributed by atoms with Gasteiger partial charge in [-0.05, 0) is 43.2 Å². The second-order valence-corrected chi connectivity index (χ2v) is 6.15. The molecular formula is C17H22F3NO3. The maximum atomic E-state index is 12.4. The summed E-state index contributed by atoms with van der Waals surface area (Å²) in [5, 5.41) is 12.4. The lowest BCUT2D eigenvalue weighted by Crippen LogP contribution is -2.33. The smallest absolute Gasteiger partial charge is 0.406 e. The predicted octanol–water partition coefficient (Wildman–Crippen LogP) is 3.19. The molecule has 7 heteroatoms. The highest BCUT2D eigenvalue weighted by Gasteiger charge is 2.32. The van der Waals surface area contributed by atoms with Gasteiger partial charge in [0, 0.05) is 13.0 Å². The SMILES string of the molecule is O=C(CCc1ccccc1OC(F)(F)F)NCC1CCCC(O)C1. The molecule has 24 heavy (non-hydrogen) atoms. The van der Waals surface area contributed by atoms with Crippen molar-refractivity contribution in [2.75, 3.05) is 6.54 Å². The maximum absolute atomic E-state index is 12.4. The van der Waals surface area contributed by atoms with E-state index in [-0.39, 0.29) is 36.5 Å². The Morgan fingerprint density at radius 3 is 2.75 bits per heavy atom. The third-order valence-electron chi connectivity index (χ3n) is 4.16. The minimum atomic E-state index is -4.75. The second kappa shape index (κ2) is 8.37. The summed E-state index contributed by atoms with van der Waals surface area (Å²) < 4.78 is 41.0. The minimum absolute atomic E-state index is 0.0908. The Kier molecular flexibility index (Phi) is 6.48. The Balaban J connectivity index is 1.79. The molecule has 1 aliphatic rings. The van der Waals surface area contributed by atoms with Crippen LogP contribution in [0.2, 0.25) is 0 Å². The first-order valence-corrected chi connectivity index (χ1v) is 8.12. The molecule has 134 valence electrons.